The maximum Gasteiger partial charge on any atom is 0.338 e. The molecule has 1 N–H and O–H groups in total. The van der Waals surface area contributed by atoms with E-state index in [1.54, 1.807) is 37.3 Å². The molecule has 0 spiro atoms. The molecular formula is C19H23N3O4. The molecule has 0 amide bonds. The van der Waals surface area contributed by atoms with E-state index in [1.165, 1.54) is 0 Å². The van der Waals surface area contributed by atoms with Crippen molar-refractivity contribution in [3.05, 3.63) is 35.8 Å². The van der Waals surface area contributed by atoms with Crippen LogP contribution in [0.3, 0.4) is 0 Å². The van der Waals surface area contributed by atoms with Crippen molar-refractivity contribution in [1.29, 1.82) is 0 Å². The van der Waals surface area contributed by atoms with E-state index in [0.29, 0.717) is 0 Å². The van der Waals surface area contributed by atoms with E-state index in [1.807, 2.05) is 26.0 Å². The number of likely N-dealkylation sites (N-methyl/N-ethyl adjacent to an activating group) is 1. The van der Waals surface area contributed by atoms with Crippen LogP contribution in [0, 0.1) is 0 Å². The van der Waals surface area contributed by atoms with Crippen molar-refractivity contribution in [2.24, 2.45) is 0 Å². The Hall–Kier alpha value is -2.67. The number of H-pyrrole nitrogens is 1. The second-order valence-electron chi connectivity index (χ2n) is 6.56. The third-order valence-electron chi connectivity index (χ3n) is 4.80. The number of ether oxygens (including phenoxy) is 2. The lowest BCUT2D eigenvalue weighted by Crippen LogP contribution is -2.61. The maximum atomic E-state index is 13.2. The first-order valence-corrected chi connectivity index (χ1v) is 8.63. The molecule has 1 saturated heterocycles. The summed E-state index contributed by atoms with van der Waals surface area (Å²) in [5.41, 5.74) is 0.0458. The fraction of sp³-hybridized carbons (Fsp3) is 0.421. The highest BCUT2D eigenvalue weighted by Crippen LogP contribution is 2.33. The standard InChI is InChI=1S/C19H23N3O4/c1-5-25-18(24)19(22(4)12(2)3)11-26-15(16(19)23)9-13-10-21-17-14(13)7-6-8-20-17/h6-10,12H,5,11H2,1-4H3,(H,20,21)/b15-9-. The van der Waals surface area contributed by atoms with Gasteiger partial charge in [0.25, 0.3) is 0 Å². The number of fused-ring (bicyclic) bond motifs is 1. The molecule has 3 heterocycles. The molecule has 26 heavy (non-hydrogen) atoms. The van der Waals surface area contributed by atoms with Gasteiger partial charge in [0.15, 0.2) is 5.76 Å². The SMILES string of the molecule is CCOC(=O)C1(N(C)C(C)C)CO/C(=C\c2c[nH]c3ncccc23)C1=O. The Morgan fingerprint density at radius 3 is 3.00 bits per heavy atom. The number of aromatic amines is 1. The van der Waals surface area contributed by atoms with Crippen LogP contribution in [0.5, 0.6) is 0 Å². The third kappa shape index (κ3) is 2.78. The first kappa shape index (κ1) is 18.1. The van der Waals surface area contributed by atoms with Crippen LogP contribution >= 0.6 is 0 Å². The summed E-state index contributed by atoms with van der Waals surface area (Å²) < 4.78 is 10.9. The molecule has 0 aromatic carbocycles. The minimum Gasteiger partial charge on any atom is -0.487 e. The molecule has 0 saturated carbocycles. The Morgan fingerprint density at radius 1 is 1.54 bits per heavy atom. The van der Waals surface area contributed by atoms with Gasteiger partial charge in [-0.1, -0.05) is 0 Å². The van der Waals surface area contributed by atoms with Crippen molar-refractivity contribution in [3.8, 4) is 0 Å². The van der Waals surface area contributed by atoms with Crippen molar-refractivity contribution in [2.75, 3.05) is 20.3 Å². The number of nitrogens with zero attached hydrogens (tertiary/aromatic N) is 2. The van der Waals surface area contributed by atoms with Gasteiger partial charge in [0, 0.05) is 29.4 Å². The van der Waals surface area contributed by atoms with E-state index in [0.717, 1.165) is 16.6 Å². The molecule has 1 fully saturated rings. The van der Waals surface area contributed by atoms with Crippen molar-refractivity contribution >= 4 is 28.9 Å². The van der Waals surface area contributed by atoms with Crippen LogP contribution in [0.1, 0.15) is 26.3 Å². The fourth-order valence-corrected chi connectivity index (χ4v) is 3.11. The number of ketones is 1. The van der Waals surface area contributed by atoms with Gasteiger partial charge in [0.2, 0.25) is 11.3 Å². The Morgan fingerprint density at radius 2 is 2.31 bits per heavy atom. The van der Waals surface area contributed by atoms with Crippen LogP contribution in [0.25, 0.3) is 17.1 Å². The van der Waals surface area contributed by atoms with Crippen LogP contribution in [0.2, 0.25) is 0 Å². The molecular weight excluding hydrogens is 334 g/mol. The highest BCUT2D eigenvalue weighted by Gasteiger charge is 2.58. The Bertz CT molecular complexity index is 871. The summed E-state index contributed by atoms with van der Waals surface area (Å²) in [6, 6.07) is 3.69. The number of hydrogen-bond acceptors (Lipinski definition) is 6. The van der Waals surface area contributed by atoms with Gasteiger partial charge in [-0.2, -0.15) is 0 Å². The monoisotopic (exact) mass is 357 g/mol. The fourth-order valence-electron chi connectivity index (χ4n) is 3.11. The van der Waals surface area contributed by atoms with Crippen molar-refractivity contribution in [2.45, 2.75) is 32.4 Å². The van der Waals surface area contributed by atoms with E-state index in [-0.39, 0.29) is 30.8 Å². The number of esters is 1. The quantitative estimate of drug-likeness (QED) is 0.501. The number of rotatable bonds is 5. The number of carbonyl (C=O) groups is 2. The largest absolute Gasteiger partial charge is 0.487 e. The average Bonchev–Trinajstić information content (AvgIpc) is 3.18. The van der Waals surface area contributed by atoms with Gasteiger partial charge >= 0.3 is 5.97 Å². The van der Waals surface area contributed by atoms with E-state index in [9.17, 15) is 9.59 Å². The van der Waals surface area contributed by atoms with Gasteiger partial charge in [0.05, 0.1) is 6.61 Å². The predicted octanol–water partition coefficient (Wildman–Crippen LogP) is 2.15. The number of aromatic nitrogens is 2. The predicted molar refractivity (Wildman–Crippen MR) is 97.3 cm³/mol. The summed E-state index contributed by atoms with van der Waals surface area (Å²) in [5.74, 6) is -0.814. The smallest absolute Gasteiger partial charge is 0.338 e. The van der Waals surface area contributed by atoms with Crippen LogP contribution in [-0.4, -0.2) is 58.5 Å². The zero-order valence-corrected chi connectivity index (χ0v) is 15.4. The van der Waals surface area contributed by atoms with Gasteiger partial charge in [-0.15, -0.1) is 0 Å². The van der Waals surface area contributed by atoms with Gasteiger partial charge in [-0.05, 0) is 46.0 Å². The van der Waals surface area contributed by atoms with Crippen LogP contribution < -0.4 is 0 Å². The summed E-state index contributed by atoms with van der Waals surface area (Å²) >= 11 is 0. The lowest BCUT2D eigenvalue weighted by Gasteiger charge is -2.35. The minimum atomic E-state index is -1.46. The van der Waals surface area contributed by atoms with Crippen LogP contribution in [0.15, 0.2) is 30.3 Å². The van der Waals surface area contributed by atoms with Crippen molar-refractivity contribution < 1.29 is 19.1 Å². The molecule has 2 aromatic heterocycles. The van der Waals surface area contributed by atoms with Crippen LogP contribution in [0.4, 0.5) is 0 Å². The number of nitrogens with one attached hydrogen (secondary N) is 1. The second kappa shape index (κ2) is 6.92. The van der Waals surface area contributed by atoms with Gasteiger partial charge in [-0.25, -0.2) is 9.78 Å². The Kier molecular flexibility index (Phi) is 4.82. The number of Topliss-reactive ketones (excluding diaryl/α,β-unsaturated/α-hetero) is 1. The number of hydrogen-bond donors (Lipinski definition) is 1. The summed E-state index contributed by atoms with van der Waals surface area (Å²) in [5, 5.41) is 0.877. The molecule has 7 heteroatoms. The molecule has 0 bridgehead atoms. The van der Waals surface area contributed by atoms with Gasteiger partial charge < -0.3 is 14.5 Å². The molecule has 3 rings (SSSR count). The molecule has 2 aromatic rings. The summed E-state index contributed by atoms with van der Waals surface area (Å²) in [4.78, 5) is 34.9. The average molecular weight is 357 g/mol. The zero-order valence-electron chi connectivity index (χ0n) is 15.4. The van der Waals surface area contributed by atoms with Crippen LogP contribution in [-0.2, 0) is 19.1 Å². The normalized spacial score (nSPS) is 21.8. The van der Waals surface area contributed by atoms with Gasteiger partial charge in [-0.3, -0.25) is 9.69 Å². The van der Waals surface area contributed by atoms with Gasteiger partial charge in [0.1, 0.15) is 12.3 Å². The topological polar surface area (TPSA) is 84.5 Å². The summed E-state index contributed by atoms with van der Waals surface area (Å²) in [7, 11) is 1.74. The number of carbonyl (C=O) groups excluding carboxylic acids is 2. The summed E-state index contributed by atoms with van der Waals surface area (Å²) in [6.07, 6.45) is 5.10. The molecule has 7 nitrogen and oxygen atoms in total. The molecule has 1 aliphatic heterocycles. The van der Waals surface area contributed by atoms with E-state index in [2.05, 4.69) is 9.97 Å². The molecule has 0 radical (unpaired) electrons. The first-order valence-electron chi connectivity index (χ1n) is 8.63. The van der Waals surface area contributed by atoms with Crippen molar-refractivity contribution in [3.63, 3.8) is 0 Å². The van der Waals surface area contributed by atoms with E-state index in [4.69, 9.17) is 9.47 Å². The summed E-state index contributed by atoms with van der Waals surface area (Å²) in [6.45, 7) is 5.69. The highest BCUT2D eigenvalue weighted by molar-refractivity contribution is 6.19. The molecule has 138 valence electrons. The molecule has 1 unspecified atom stereocenters. The highest BCUT2D eigenvalue weighted by atomic mass is 16.5. The minimum absolute atomic E-state index is 0.0383. The molecule has 1 atom stereocenters. The maximum absolute atomic E-state index is 13.2. The van der Waals surface area contributed by atoms with E-state index >= 15 is 0 Å². The molecule has 0 aliphatic carbocycles. The number of pyridine rings is 1. The van der Waals surface area contributed by atoms with E-state index < -0.39 is 11.5 Å². The Balaban J connectivity index is 2.02. The second-order valence-corrected chi connectivity index (χ2v) is 6.56. The Labute approximate surface area is 152 Å². The lowest BCUT2D eigenvalue weighted by atomic mass is 9.92. The lowest BCUT2D eigenvalue weighted by molar-refractivity contribution is -0.161. The first-order chi connectivity index (χ1) is 12.4. The zero-order chi connectivity index (χ0) is 18.9. The van der Waals surface area contributed by atoms with Crippen molar-refractivity contribution in [1.82, 2.24) is 14.9 Å². The third-order valence-corrected chi connectivity index (χ3v) is 4.80. The molecule has 1 aliphatic rings.